The van der Waals surface area contributed by atoms with Gasteiger partial charge < -0.3 is 10.6 Å². The molecule has 0 bridgehead atoms. The van der Waals surface area contributed by atoms with Crippen molar-refractivity contribution in [2.24, 2.45) is 0 Å². The molecule has 0 unspecified atom stereocenters. The first-order valence-electron chi connectivity index (χ1n) is 10.9. The summed E-state index contributed by atoms with van der Waals surface area (Å²) in [7, 11) is 0. The second kappa shape index (κ2) is 10.1. The summed E-state index contributed by atoms with van der Waals surface area (Å²) in [6, 6.07) is 11.1. The molecule has 1 heterocycles. The van der Waals surface area contributed by atoms with Gasteiger partial charge in [0.1, 0.15) is 18.1 Å². The third-order valence-electron chi connectivity index (χ3n) is 5.73. The summed E-state index contributed by atoms with van der Waals surface area (Å²) >= 11 is 5.77. The fraction of sp³-hybridized carbons (Fsp3) is 0.333. The number of rotatable bonds is 7. The molecule has 2 amide bonds. The highest BCUT2D eigenvalue weighted by Crippen LogP contribution is 2.20. The van der Waals surface area contributed by atoms with Crippen LogP contribution in [0.5, 0.6) is 0 Å². The highest BCUT2D eigenvalue weighted by atomic mass is 35.5. The van der Waals surface area contributed by atoms with Crippen molar-refractivity contribution < 1.29 is 14.0 Å². The fourth-order valence-corrected chi connectivity index (χ4v) is 4.27. The van der Waals surface area contributed by atoms with Crippen LogP contribution in [0.4, 0.5) is 10.1 Å². The van der Waals surface area contributed by atoms with Gasteiger partial charge in [0.15, 0.2) is 0 Å². The van der Waals surface area contributed by atoms with Crippen molar-refractivity contribution in [2.45, 2.75) is 51.1 Å². The Morgan fingerprint density at radius 2 is 1.88 bits per heavy atom. The van der Waals surface area contributed by atoms with Crippen LogP contribution in [0.3, 0.4) is 0 Å². The Hall–Kier alpha value is -3.26. The van der Waals surface area contributed by atoms with Crippen molar-refractivity contribution in [1.82, 2.24) is 14.9 Å². The van der Waals surface area contributed by atoms with Gasteiger partial charge in [0.05, 0.1) is 16.1 Å². The smallest absolute Gasteiger partial charge is 0.273 e. The summed E-state index contributed by atoms with van der Waals surface area (Å²) in [5.41, 5.74) is 1.19. The molecule has 2 N–H and O–H groups in total. The van der Waals surface area contributed by atoms with Crippen molar-refractivity contribution in [3.05, 3.63) is 69.4 Å². The Morgan fingerprint density at radius 1 is 1.12 bits per heavy atom. The van der Waals surface area contributed by atoms with E-state index in [1.807, 2.05) is 0 Å². The van der Waals surface area contributed by atoms with Crippen LogP contribution in [0.15, 0.2) is 47.3 Å². The average Bonchev–Trinajstić information content (AvgIpc) is 3.30. The number of hydrogen-bond acceptors (Lipinski definition) is 4. The van der Waals surface area contributed by atoms with E-state index in [1.54, 1.807) is 24.3 Å². The number of halogens is 2. The first kappa shape index (κ1) is 22.9. The van der Waals surface area contributed by atoms with E-state index >= 15 is 0 Å². The molecule has 1 fully saturated rings. The van der Waals surface area contributed by atoms with Gasteiger partial charge in [0.25, 0.3) is 5.56 Å². The van der Waals surface area contributed by atoms with Gasteiger partial charge in [-0.15, -0.1) is 0 Å². The Morgan fingerprint density at radius 3 is 2.64 bits per heavy atom. The van der Waals surface area contributed by atoms with E-state index in [1.165, 1.54) is 16.7 Å². The van der Waals surface area contributed by atoms with Gasteiger partial charge in [-0.3, -0.25) is 19.0 Å². The highest BCUT2D eigenvalue weighted by molar-refractivity contribution is 6.31. The van der Waals surface area contributed by atoms with E-state index in [0.29, 0.717) is 16.7 Å². The number of anilines is 1. The lowest BCUT2D eigenvalue weighted by molar-refractivity contribution is -0.121. The van der Waals surface area contributed by atoms with Gasteiger partial charge >= 0.3 is 0 Å². The van der Waals surface area contributed by atoms with Crippen LogP contribution in [-0.4, -0.2) is 27.4 Å². The number of fused-ring (bicyclic) bond motifs is 1. The van der Waals surface area contributed by atoms with Crippen LogP contribution in [0, 0.1) is 5.82 Å². The molecule has 1 aliphatic carbocycles. The maximum absolute atomic E-state index is 13.4. The molecule has 1 aliphatic rings. The Bertz CT molecular complexity index is 1250. The Balaban J connectivity index is 1.53. The molecular weight excluding hydrogens is 447 g/mol. The number of amides is 2. The lowest BCUT2D eigenvalue weighted by Gasteiger charge is -2.14. The van der Waals surface area contributed by atoms with E-state index in [9.17, 15) is 18.8 Å². The lowest BCUT2D eigenvalue weighted by atomic mass is 10.2. The number of aromatic nitrogens is 2. The molecule has 0 atom stereocenters. The van der Waals surface area contributed by atoms with E-state index < -0.39 is 17.3 Å². The number of nitrogens with one attached hydrogen (secondary N) is 2. The second-order valence-corrected chi connectivity index (χ2v) is 8.57. The Kier molecular flexibility index (Phi) is 7.03. The molecule has 0 spiro atoms. The number of nitrogens with zero attached hydrogens (tertiary/aromatic N) is 2. The van der Waals surface area contributed by atoms with Crippen LogP contribution in [0.2, 0.25) is 5.02 Å². The number of aryl methyl sites for hydroxylation is 1. The molecule has 0 radical (unpaired) electrons. The number of hydrogen-bond donors (Lipinski definition) is 2. The molecule has 33 heavy (non-hydrogen) atoms. The third kappa shape index (κ3) is 5.57. The van der Waals surface area contributed by atoms with Crippen molar-refractivity contribution in [3.8, 4) is 0 Å². The van der Waals surface area contributed by atoms with Crippen LogP contribution >= 0.6 is 11.6 Å². The minimum atomic E-state index is -0.590. The lowest BCUT2D eigenvalue weighted by Crippen LogP contribution is -2.34. The van der Waals surface area contributed by atoms with Crippen molar-refractivity contribution in [1.29, 1.82) is 0 Å². The minimum absolute atomic E-state index is 0.103. The largest absolute Gasteiger partial charge is 0.353 e. The molecule has 9 heteroatoms. The molecule has 4 rings (SSSR count). The first-order chi connectivity index (χ1) is 15.9. The predicted octanol–water partition coefficient (Wildman–Crippen LogP) is 3.82. The summed E-state index contributed by atoms with van der Waals surface area (Å²) in [5.74, 6) is -1.16. The monoisotopic (exact) mass is 470 g/mol. The van der Waals surface area contributed by atoms with Crippen LogP contribution in [-0.2, 0) is 22.6 Å². The zero-order valence-corrected chi connectivity index (χ0v) is 18.7. The third-order valence-corrected chi connectivity index (χ3v) is 6.02. The zero-order chi connectivity index (χ0) is 23.4. The number of para-hydroxylation sites is 2. The molecular formula is C24H24ClFN4O3. The fourth-order valence-electron chi connectivity index (χ4n) is 4.09. The van der Waals surface area contributed by atoms with E-state index in [0.717, 1.165) is 31.7 Å². The van der Waals surface area contributed by atoms with Crippen LogP contribution < -0.4 is 16.2 Å². The van der Waals surface area contributed by atoms with E-state index in [2.05, 4.69) is 15.6 Å². The SMILES string of the molecule is O=C(Cn1c(=O)c(CCC(=O)NC2CCCC2)nc2ccccc21)Nc1ccc(F)c(Cl)c1. The molecule has 7 nitrogen and oxygen atoms in total. The van der Waals surface area contributed by atoms with E-state index in [-0.39, 0.29) is 42.1 Å². The average molecular weight is 471 g/mol. The van der Waals surface area contributed by atoms with Crippen molar-refractivity contribution in [3.63, 3.8) is 0 Å². The number of benzene rings is 2. The van der Waals surface area contributed by atoms with Crippen molar-refractivity contribution in [2.75, 3.05) is 5.32 Å². The molecule has 172 valence electrons. The Labute approximate surface area is 195 Å². The normalized spacial score (nSPS) is 13.9. The van der Waals surface area contributed by atoms with Crippen LogP contribution in [0.1, 0.15) is 37.8 Å². The van der Waals surface area contributed by atoms with Gasteiger partial charge in [-0.05, 0) is 43.2 Å². The molecule has 0 aliphatic heterocycles. The maximum Gasteiger partial charge on any atom is 0.273 e. The summed E-state index contributed by atoms with van der Waals surface area (Å²) < 4.78 is 14.7. The highest BCUT2D eigenvalue weighted by Gasteiger charge is 2.19. The maximum atomic E-state index is 13.4. The first-order valence-corrected chi connectivity index (χ1v) is 11.3. The van der Waals surface area contributed by atoms with Gasteiger partial charge in [-0.2, -0.15) is 0 Å². The van der Waals surface area contributed by atoms with Gasteiger partial charge in [-0.25, -0.2) is 9.37 Å². The van der Waals surface area contributed by atoms with Crippen LogP contribution in [0.25, 0.3) is 11.0 Å². The standard InChI is InChI=1S/C24H24ClFN4O3/c25-17-13-16(9-10-18(17)26)28-23(32)14-30-21-8-4-3-7-19(21)29-20(24(30)33)11-12-22(31)27-15-5-1-2-6-15/h3-4,7-10,13,15H,1-2,5-6,11-12,14H2,(H,27,31)(H,28,32). The number of carbonyl (C=O) groups is 2. The molecule has 3 aromatic rings. The second-order valence-electron chi connectivity index (χ2n) is 8.16. The summed E-state index contributed by atoms with van der Waals surface area (Å²) in [4.78, 5) is 42.6. The van der Waals surface area contributed by atoms with Gasteiger partial charge in [0, 0.05) is 24.6 Å². The summed E-state index contributed by atoms with van der Waals surface area (Å²) in [5, 5.41) is 5.52. The molecule has 0 saturated heterocycles. The summed E-state index contributed by atoms with van der Waals surface area (Å²) in [6.07, 6.45) is 4.54. The molecule has 1 aromatic heterocycles. The minimum Gasteiger partial charge on any atom is -0.353 e. The topological polar surface area (TPSA) is 93.1 Å². The van der Waals surface area contributed by atoms with Gasteiger partial charge in [0.2, 0.25) is 11.8 Å². The van der Waals surface area contributed by atoms with Crippen molar-refractivity contribution >= 4 is 40.1 Å². The summed E-state index contributed by atoms with van der Waals surface area (Å²) in [6.45, 7) is -0.266. The molecule has 2 aromatic carbocycles. The van der Waals surface area contributed by atoms with E-state index in [4.69, 9.17) is 11.6 Å². The quantitative estimate of drug-likeness (QED) is 0.549. The predicted molar refractivity (Wildman–Crippen MR) is 125 cm³/mol. The molecule has 1 saturated carbocycles. The zero-order valence-electron chi connectivity index (χ0n) is 17.9. The number of carbonyl (C=O) groups excluding carboxylic acids is 2. The van der Waals surface area contributed by atoms with Gasteiger partial charge in [-0.1, -0.05) is 36.6 Å².